The van der Waals surface area contributed by atoms with Gasteiger partial charge in [-0.25, -0.2) is 13.2 Å². The van der Waals surface area contributed by atoms with E-state index in [0.717, 1.165) is 6.07 Å². The molecule has 17 heavy (non-hydrogen) atoms. The quantitative estimate of drug-likeness (QED) is 0.812. The largest absolute Gasteiger partial charge is 0.378 e. The van der Waals surface area contributed by atoms with E-state index in [-0.39, 0.29) is 17.6 Å². The molecule has 0 aliphatic carbocycles. The lowest BCUT2D eigenvalue weighted by Gasteiger charge is -2.18. The molecule has 0 bridgehead atoms. The number of benzene rings is 1. The lowest BCUT2D eigenvalue weighted by Crippen LogP contribution is -2.23. The number of nitrogens with two attached hydrogens (primary N) is 1. The van der Waals surface area contributed by atoms with Gasteiger partial charge in [-0.2, -0.15) is 0 Å². The molecule has 2 nitrogen and oxygen atoms in total. The molecule has 1 aliphatic heterocycles. The first-order chi connectivity index (χ1) is 7.99. The van der Waals surface area contributed by atoms with E-state index >= 15 is 0 Å². The summed E-state index contributed by atoms with van der Waals surface area (Å²) in [6.07, 6.45) is 0.763. The van der Waals surface area contributed by atoms with Crippen LogP contribution in [-0.4, -0.2) is 12.7 Å². The Morgan fingerprint density at radius 3 is 2.47 bits per heavy atom. The first-order valence-electron chi connectivity index (χ1n) is 5.50. The molecule has 2 N–H and O–H groups in total. The maximum Gasteiger partial charge on any atom is 0.161 e. The summed E-state index contributed by atoms with van der Waals surface area (Å²) >= 11 is 0. The normalized spacial score (nSPS) is 26.2. The third kappa shape index (κ3) is 2.45. The van der Waals surface area contributed by atoms with Crippen LogP contribution in [0.5, 0.6) is 0 Å². The summed E-state index contributed by atoms with van der Waals surface area (Å²) in [4.78, 5) is 0. The highest BCUT2D eigenvalue weighted by atomic mass is 19.2. The summed E-state index contributed by atoms with van der Waals surface area (Å²) in [5.41, 5.74) is 5.88. The van der Waals surface area contributed by atoms with Crippen molar-refractivity contribution in [3.63, 3.8) is 0 Å². The third-order valence-corrected chi connectivity index (χ3v) is 3.14. The monoisotopic (exact) mass is 245 g/mol. The van der Waals surface area contributed by atoms with E-state index in [1.807, 2.05) is 6.92 Å². The summed E-state index contributed by atoms with van der Waals surface area (Å²) in [7, 11) is 0. The molecule has 2 rings (SSSR count). The van der Waals surface area contributed by atoms with E-state index in [1.165, 1.54) is 0 Å². The minimum Gasteiger partial charge on any atom is -0.378 e. The summed E-state index contributed by atoms with van der Waals surface area (Å²) in [6, 6.07) is 0.692. The second-order valence-corrected chi connectivity index (χ2v) is 4.45. The highest BCUT2D eigenvalue weighted by Gasteiger charge is 2.30. The Morgan fingerprint density at radius 2 is 1.88 bits per heavy atom. The fourth-order valence-electron chi connectivity index (χ4n) is 2.15. The highest BCUT2D eigenvalue weighted by molar-refractivity contribution is 5.24. The molecule has 0 amide bonds. The van der Waals surface area contributed by atoms with Gasteiger partial charge in [0.15, 0.2) is 11.6 Å². The fourth-order valence-corrected chi connectivity index (χ4v) is 2.15. The van der Waals surface area contributed by atoms with Crippen LogP contribution in [0.15, 0.2) is 12.1 Å². The Morgan fingerprint density at radius 1 is 1.24 bits per heavy atom. The van der Waals surface area contributed by atoms with Crippen molar-refractivity contribution < 1.29 is 17.9 Å². The van der Waals surface area contributed by atoms with Crippen LogP contribution in [0.2, 0.25) is 0 Å². The van der Waals surface area contributed by atoms with Gasteiger partial charge in [0.05, 0.1) is 12.7 Å². The predicted molar refractivity (Wildman–Crippen MR) is 56.8 cm³/mol. The Balaban J connectivity index is 2.24. The highest BCUT2D eigenvalue weighted by Crippen LogP contribution is 2.31. The molecule has 0 radical (unpaired) electrons. The maximum absolute atomic E-state index is 13.5. The zero-order chi connectivity index (χ0) is 12.6. The average molecular weight is 245 g/mol. The van der Waals surface area contributed by atoms with Gasteiger partial charge in [-0.05, 0) is 19.4 Å². The first kappa shape index (κ1) is 12.4. The molecule has 1 saturated heterocycles. The van der Waals surface area contributed by atoms with Crippen LogP contribution >= 0.6 is 0 Å². The second kappa shape index (κ2) is 4.66. The first-order valence-corrected chi connectivity index (χ1v) is 5.50. The van der Waals surface area contributed by atoms with Crippen LogP contribution < -0.4 is 5.73 Å². The molecule has 1 heterocycles. The van der Waals surface area contributed by atoms with Crippen molar-refractivity contribution in [1.82, 2.24) is 0 Å². The molecule has 1 fully saturated rings. The summed E-state index contributed by atoms with van der Waals surface area (Å²) < 4.78 is 44.7. The Bertz CT molecular complexity index is 424. The molecule has 1 aromatic carbocycles. The number of halogens is 3. The number of hydrogen-bond donors (Lipinski definition) is 1. The molecule has 0 saturated carbocycles. The minimum absolute atomic E-state index is 0.00611. The van der Waals surface area contributed by atoms with Crippen molar-refractivity contribution in [3.05, 3.63) is 35.1 Å². The Hall–Kier alpha value is -1.07. The number of hydrogen-bond acceptors (Lipinski definition) is 2. The van der Waals surface area contributed by atoms with Crippen LogP contribution in [0.25, 0.3) is 0 Å². The lowest BCUT2D eigenvalue weighted by molar-refractivity contribution is 0.118. The zero-order valence-electron chi connectivity index (χ0n) is 9.42. The van der Waals surface area contributed by atoms with Crippen LogP contribution in [0.1, 0.15) is 24.9 Å². The molecular weight excluding hydrogens is 231 g/mol. The molecule has 3 atom stereocenters. The van der Waals surface area contributed by atoms with Crippen molar-refractivity contribution in [2.75, 3.05) is 6.61 Å². The van der Waals surface area contributed by atoms with Gasteiger partial charge in [0.2, 0.25) is 0 Å². The molecule has 94 valence electrons. The SMILES string of the molecule is CC1CC(C(N)c2cc(F)c(F)cc2F)CO1. The summed E-state index contributed by atoms with van der Waals surface area (Å²) in [6.45, 7) is 2.31. The van der Waals surface area contributed by atoms with Crippen molar-refractivity contribution in [2.24, 2.45) is 11.7 Å². The van der Waals surface area contributed by atoms with E-state index < -0.39 is 23.5 Å². The molecule has 0 spiro atoms. The van der Waals surface area contributed by atoms with Crippen molar-refractivity contribution in [2.45, 2.75) is 25.5 Å². The minimum atomic E-state index is -1.20. The second-order valence-electron chi connectivity index (χ2n) is 4.45. The van der Waals surface area contributed by atoms with Crippen LogP contribution in [0, 0.1) is 23.4 Å². The van der Waals surface area contributed by atoms with Gasteiger partial charge in [0, 0.05) is 23.6 Å². The molecule has 0 aromatic heterocycles. The summed E-state index contributed by atoms with van der Waals surface area (Å²) in [5, 5.41) is 0. The fraction of sp³-hybridized carbons (Fsp3) is 0.500. The Kier molecular flexibility index (Phi) is 3.40. The molecule has 3 unspecified atom stereocenters. The number of rotatable bonds is 2. The van der Waals surface area contributed by atoms with Gasteiger partial charge in [0.25, 0.3) is 0 Å². The topological polar surface area (TPSA) is 35.2 Å². The molecule has 5 heteroatoms. The van der Waals surface area contributed by atoms with Crippen molar-refractivity contribution in [1.29, 1.82) is 0 Å². The van der Waals surface area contributed by atoms with Crippen molar-refractivity contribution >= 4 is 0 Å². The zero-order valence-corrected chi connectivity index (χ0v) is 9.42. The molecule has 1 aliphatic rings. The lowest BCUT2D eigenvalue weighted by atomic mass is 9.91. The third-order valence-electron chi connectivity index (χ3n) is 3.14. The van der Waals surface area contributed by atoms with Gasteiger partial charge in [-0.15, -0.1) is 0 Å². The van der Waals surface area contributed by atoms with Crippen LogP contribution in [0.3, 0.4) is 0 Å². The molecular formula is C12H14F3NO. The molecule has 1 aromatic rings. The van der Waals surface area contributed by atoms with Crippen molar-refractivity contribution in [3.8, 4) is 0 Å². The van der Waals surface area contributed by atoms with Gasteiger partial charge >= 0.3 is 0 Å². The predicted octanol–water partition coefficient (Wildman–Crippen LogP) is 2.53. The standard InChI is InChI=1S/C12H14F3NO/c1-6-2-7(5-17-6)12(16)8-3-10(14)11(15)4-9(8)13/h3-4,6-7,12H,2,5,16H2,1H3. The summed E-state index contributed by atoms with van der Waals surface area (Å²) in [5.74, 6) is -3.15. The smallest absolute Gasteiger partial charge is 0.161 e. The number of ether oxygens (including phenoxy) is 1. The average Bonchev–Trinajstić information content (AvgIpc) is 2.69. The Labute approximate surface area is 97.6 Å². The van der Waals surface area contributed by atoms with E-state index in [2.05, 4.69) is 0 Å². The van der Waals surface area contributed by atoms with E-state index in [1.54, 1.807) is 0 Å². The van der Waals surface area contributed by atoms with E-state index in [0.29, 0.717) is 19.1 Å². The van der Waals surface area contributed by atoms with Gasteiger partial charge in [-0.1, -0.05) is 0 Å². The van der Waals surface area contributed by atoms with Gasteiger partial charge in [0.1, 0.15) is 5.82 Å². The van der Waals surface area contributed by atoms with Gasteiger partial charge < -0.3 is 10.5 Å². The van der Waals surface area contributed by atoms with E-state index in [9.17, 15) is 13.2 Å². The van der Waals surface area contributed by atoms with Crippen LogP contribution in [-0.2, 0) is 4.74 Å². The van der Waals surface area contributed by atoms with E-state index in [4.69, 9.17) is 10.5 Å². The maximum atomic E-state index is 13.5. The van der Waals surface area contributed by atoms with Gasteiger partial charge in [-0.3, -0.25) is 0 Å². The van der Waals surface area contributed by atoms with Crippen LogP contribution in [0.4, 0.5) is 13.2 Å².